The Morgan fingerprint density at radius 1 is 1.41 bits per heavy atom. The van der Waals surface area contributed by atoms with Crippen LogP contribution in [0.15, 0.2) is 40.4 Å². The van der Waals surface area contributed by atoms with Gasteiger partial charge in [0.2, 0.25) is 0 Å². The number of carbonyl (C=O) groups is 1. The number of hydrogen-bond acceptors (Lipinski definition) is 3. The van der Waals surface area contributed by atoms with E-state index in [2.05, 4.69) is 41.1 Å². The van der Waals surface area contributed by atoms with E-state index in [0.717, 1.165) is 17.3 Å². The van der Waals surface area contributed by atoms with Gasteiger partial charge in [-0.2, -0.15) is 0 Å². The predicted molar refractivity (Wildman–Crippen MR) is 90.7 cm³/mol. The van der Waals surface area contributed by atoms with Gasteiger partial charge in [-0.05, 0) is 51.3 Å². The predicted octanol–water partition coefficient (Wildman–Crippen LogP) is 4.44. The maximum Gasteiger partial charge on any atom is 0.309 e. The zero-order chi connectivity index (χ0) is 16.2. The smallest absolute Gasteiger partial charge is 0.309 e. The fourth-order valence-corrected chi connectivity index (χ4v) is 3.25. The molecular formula is C18H23BrO3. The van der Waals surface area contributed by atoms with Crippen LogP contribution in [0.2, 0.25) is 0 Å². The second-order valence-corrected chi connectivity index (χ2v) is 6.98. The summed E-state index contributed by atoms with van der Waals surface area (Å²) in [7, 11) is 0. The third kappa shape index (κ3) is 4.96. The molecule has 4 heteroatoms. The van der Waals surface area contributed by atoms with Crippen LogP contribution in [0.4, 0.5) is 0 Å². The van der Waals surface area contributed by atoms with Gasteiger partial charge in [-0.3, -0.25) is 4.79 Å². The van der Waals surface area contributed by atoms with Gasteiger partial charge >= 0.3 is 5.97 Å². The Bertz CT molecular complexity index is 550. The first-order chi connectivity index (χ1) is 10.4. The van der Waals surface area contributed by atoms with Crippen LogP contribution in [0, 0.1) is 0 Å². The van der Waals surface area contributed by atoms with Gasteiger partial charge < -0.3 is 9.47 Å². The molecule has 1 aromatic carbocycles. The first kappa shape index (κ1) is 17.2. The second kappa shape index (κ2) is 7.42. The molecule has 0 aromatic heterocycles. The maximum absolute atomic E-state index is 11.8. The monoisotopic (exact) mass is 366 g/mol. The van der Waals surface area contributed by atoms with Gasteiger partial charge in [0.1, 0.15) is 0 Å². The fourth-order valence-electron chi connectivity index (χ4n) is 2.98. The van der Waals surface area contributed by atoms with Gasteiger partial charge in [-0.15, -0.1) is 0 Å². The number of carbonyl (C=O) groups excluding carboxylic acids is 1. The average molecular weight is 367 g/mol. The molecule has 0 unspecified atom stereocenters. The SMILES string of the molecule is CCOC(=O)C[C@]1(C)C=C(C)C[C@H](Cc2ccc(Br)cc2)O1. The average Bonchev–Trinajstić information content (AvgIpc) is 2.40. The van der Waals surface area contributed by atoms with Crippen molar-refractivity contribution in [1.29, 1.82) is 0 Å². The molecule has 0 aliphatic carbocycles. The Labute approximate surface area is 140 Å². The molecule has 22 heavy (non-hydrogen) atoms. The van der Waals surface area contributed by atoms with Gasteiger partial charge in [-0.25, -0.2) is 0 Å². The molecule has 0 fully saturated rings. The van der Waals surface area contributed by atoms with Crippen LogP contribution in [0.3, 0.4) is 0 Å². The number of rotatable bonds is 5. The van der Waals surface area contributed by atoms with Crippen LogP contribution < -0.4 is 0 Å². The molecule has 0 amide bonds. The summed E-state index contributed by atoms with van der Waals surface area (Å²) in [5, 5.41) is 0. The summed E-state index contributed by atoms with van der Waals surface area (Å²) in [4.78, 5) is 11.8. The molecule has 120 valence electrons. The molecule has 2 atom stereocenters. The van der Waals surface area contributed by atoms with Crippen LogP contribution in [0.5, 0.6) is 0 Å². The van der Waals surface area contributed by atoms with Crippen molar-refractivity contribution in [3.8, 4) is 0 Å². The molecule has 0 N–H and O–H groups in total. The Balaban J connectivity index is 2.04. The van der Waals surface area contributed by atoms with Crippen LogP contribution >= 0.6 is 15.9 Å². The second-order valence-electron chi connectivity index (χ2n) is 6.06. The Kier molecular flexibility index (Phi) is 5.81. The quantitative estimate of drug-likeness (QED) is 0.570. The number of ether oxygens (including phenoxy) is 2. The van der Waals surface area contributed by atoms with Crippen LogP contribution in [-0.4, -0.2) is 24.3 Å². The molecule has 0 spiro atoms. The van der Waals surface area contributed by atoms with E-state index in [1.54, 1.807) is 0 Å². The highest BCUT2D eigenvalue weighted by Crippen LogP contribution is 2.31. The highest BCUT2D eigenvalue weighted by atomic mass is 79.9. The largest absolute Gasteiger partial charge is 0.466 e. The van der Waals surface area contributed by atoms with E-state index in [-0.39, 0.29) is 18.5 Å². The summed E-state index contributed by atoms with van der Waals surface area (Å²) in [5.74, 6) is -0.210. The molecule has 0 saturated heterocycles. The van der Waals surface area contributed by atoms with E-state index in [0.29, 0.717) is 6.61 Å². The highest BCUT2D eigenvalue weighted by molar-refractivity contribution is 9.10. The van der Waals surface area contributed by atoms with E-state index in [1.807, 2.05) is 26.0 Å². The van der Waals surface area contributed by atoms with Crippen molar-refractivity contribution in [2.24, 2.45) is 0 Å². The molecule has 0 saturated carbocycles. The van der Waals surface area contributed by atoms with Gasteiger partial charge in [0.15, 0.2) is 0 Å². The van der Waals surface area contributed by atoms with Crippen LogP contribution in [0.25, 0.3) is 0 Å². The lowest BCUT2D eigenvalue weighted by Crippen LogP contribution is -2.39. The zero-order valence-corrected chi connectivity index (χ0v) is 15.0. The first-order valence-corrected chi connectivity index (χ1v) is 8.46. The Morgan fingerprint density at radius 3 is 2.73 bits per heavy atom. The van der Waals surface area contributed by atoms with Gasteiger partial charge in [0.25, 0.3) is 0 Å². The Morgan fingerprint density at radius 2 is 2.09 bits per heavy atom. The first-order valence-electron chi connectivity index (χ1n) is 7.66. The lowest BCUT2D eigenvalue weighted by atomic mass is 9.90. The minimum Gasteiger partial charge on any atom is -0.466 e. The van der Waals surface area contributed by atoms with Crippen molar-refractivity contribution in [1.82, 2.24) is 0 Å². The van der Waals surface area contributed by atoms with Crippen molar-refractivity contribution in [3.05, 3.63) is 46.0 Å². The zero-order valence-electron chi connectivity index (χ0n) is 13.4. The fraction of sp³-hybridized carbons (Fsp3) is 0.500. The van der Waals surface area contributed by atoms with E-state index >= 15 is 0 Å². The lowest BCUT2D eigenvalue weighted by molar-refractivity contribution is -0.151. The topological polar surface area (TPSA) is 35.5 Å². The van der Waals surface area contributed by atoms with Crippen molar-refractivity contribution in [2.45, 2.75) is 51.7 Å². The number of halogens is 1. The minimum atomic E-state index is -0.575. The number of hydrogen-bond donors (Lipinski definition) is 0. The van der Waals surface area contributed by atoms with Crippen LogP contribution in [-0.2, 0) is 20.7 Å². The molecule has 0 bridgehead atoms. The summed E-state index contributed by atoms with van der Waals surface area (Å²) in [6, 6.07) is 8.28. The summed E-state index contributed by atoms with van der Waals surface area (Å²) >= 11 is 3.45. The number of esters is 1. The minimum absolute atomic E-state index is 0.0885. The van der Waals surface area contributed by atoms with Gasteiger partial charge in [0.05, 0.1) is 24.7 Å². The van der Waals surface area contributed by atoms with Crippen molar-refractivity contribution in [3.63, 3.8) is 0 Å². The Hall–Kier alpha value is -1.13. The van der Waals surface area contributed by atoms with Gasteiger partial charge in [0, 0.05) is 4.47 Å². The van der Waals surface area contributed by atoms with Crippen molar-refractivity contribution < 1.29 is 14.3 Å². The molecule has 1 aliphatic rings. The van der Waals surface area contributed by atoms with E-state index < -0.39 is 5.60 Å². The third-order valence-corrected chi connectivity index (χ3v) is 4.24. The van der Waals surface area contributed by atoms with Crippen LogP contribution in [0.1, 0.15) is 39.2 Å². The van der Waals surface area contributed by atoms with Gasteiger partial charge in [-0.1, -0.05) is 39.7 Å². The molecule has 0 radical (unpaired) electrons. The van der Waals surface area contributed by atoms with Crippen molar-refractivity contribution >= 4 is 21.9 Å². The third-order valence-electron chi connectivity index (χ3n) is 3.71. The number of benzene rings is 1. The molecule has 1 aromatic rings. The molecule has 1 aliphatic heterocycles. The molecular weight excluding hydrogens is 344 g/mol. The highest BCUT2D eigenvalue weighted by Gasteiger charge is 2.34. The summed E-state index contributed by atoms with van der Waals surface area (Å²) in [6.07, 6.45) is 4.15. The molecule has 2 rings (SSSR count). The van der Waals surface area contributed by atoms with E-state index in [9.17, 15) is 4.79 Å². The molecule has 3 nitrogen and oxygen atoms in total. The van der Waals surface area contributed by atoms with E-state index in [1.165, 1.54) is 11.1 Å². The normalized spacial score (nSPS) is 24.7. The summed E-state index contributed by atoms with van der Waals surface area (Å²) in [6.45, 7) is 6.28. The summed E-state index contributed by atoms with van der Waals surface area (Å²) < 4.78 is 12.3. The molecule has 1 heterocycles. The standard InChI is InChI=1S/C18H23BrO3/c1-4-21-17(20)12-18(3)11-13(2)9-16(22-18)10-14-5-7-15(19)8-6-14/h5-8,11,16H,4,9-10,12H2,1-3H3/t16-,18+/m1/s1. The van der Waals surface area contributed by atoms with E-state index in [4.69, 9.17) is 9.47 Å². The lowest BCUT2D eigenvalue weighted by Gasteiger charge is -2.36. The maximum atomic E-state index is 11.8. The summed E-state index contributed by atoms with van der Waals surface area (Å²) in [5.41, 5.74) is 1.93. The van der Waals surface area contributed by atoms with Crippen molar-refractivity contribution in [2.75, 3.05) is 6.61 Å².